The second-order valence-corrected chi connectivity index (χ2v) is 7.27. The van der Waals surface area contributed by atoms with Crippen molar-refractivity contribution < 1.29 is 27.2 Å². The Balaban J connectivity index is 2.67. The normalized spacial score (nSPS) is 11.1. The van der Waals surface area contributed by atoms with Crippen LogP contribution >= 0.6 is 0 Å². The third-order valence-corrected chi connectivity index (χ3v) is 5.10. The van der Waals surface area contributed by atoms with E-state index in [1.54, 1.807) is 6.92 Å². The van der Waals surface area contributed by atoms with Gasteiger partial charge in [-0.3, -0.25) is 0 Å². The van der Waals surface area contributed by atoms with Gasteiger partial charge in [0.05, 0.1) is 6.61 Å². The fraction of sp³-hybridized carbons (Fsp3) is 0.438. The topological polar surface area (TPSA) is 63.2 Å². The highest BCUT2D eigenvalue weighted by Crippen LogP contribution is 2.24. The summed E-state index contributed by atoms with van der Waals surface area (Å²) in [6, 6.07) is 7.54. The largest absolute Gasteiger partial charge is 0.748 e. The molecule has 0 unspecified atom stereocenters. The standard InChI is InChI=1S/C16H24O6Si/c1-13(2)16(17)21-12-8-10-14-9-6-7-11-15(14)22-23(18-3,19-4)20-5/h6-7,9,11H,1,8,10,12H2,2-5H3. The lowest BCUT2D eigenvalue weighted by atomic mass is 10.1. The summed E-state index contributed by atoms with van der Waals surface area (Å²) in [5.74, 6) is 0.259. The minimum atomic E-state index is -3.17. The van der Waals surface area contributed by atoms with E-state index in [4.69, 9.17) is 22.4 Å². The summed E-state index contributed by atoms with van der Waals surface area (Å²) in [5, 5.41) is 0. The quantitative estimate of drug-likeness (QED) is 0.282. The first-order valence-electron chi connectivity index (χ1n) is 7.23. The fourth-order valence-electron chi connectivity index (χ4n) is 1.87. The van der Waals surface area contributed by atoms with Crippen molar-refractivity contribution in [3.8, 4) is 5.75 Å². The van der Waals surface area contributed by atoms with Crippen molar-refractivity contribution in [1.29, 1.82) is 0 Å². The second-order valence-electron chi connectivity index (χ2n) is 4.84. The minimum Gasteiger partial charge on any atom is -0.480 e. The average molecular weight is 340 g/mol. The molecule has 0 spiro atoms. The lowest BCUT2D eigenvalue weighted by Crippen LogP contribution is -2.49. The molecule has 7 heteroatoms. The SMILES string of the molecule is C=C(C)C(=O)OCCCc1ccccc1O[Si](OC)(OC)OC. The maximum Gasteiger partial charge on any atom is 0.748 e. The molecule has 0 bridgehead atoms. The maximum atomic E-state index is 11.3. The third-order valence-electron chi connectivity index (χ3n) is 3.13. The average Bonchev–Trinajstić information content (AvgIpc) is 2.57. The van der Waals surface area contributed by atoms with Crippen LogP contribution in [-0.2, 0) is 29.2 Å². The Morgan fingerprint density at radius 3 is 2.30 bits per heavy atom. The monoisotopic (exact) mass is 340 g/mol. The first kappa shape index (κ1) is 19.4. The molecule has 0 aromatic heterocycles. The molecular formula is C16H24O6Si. The van der Waals surface area contributed by atoms with Crippen LogP contribution in [0.5, 0.6) is 5.75 Å². The zero-order valence-corrected chi connectivity index (χ0v) is 15.1. The Hall–Kier alpha value is -1.67. The summed E-state index contributed by atoms with van der Waals surface area (Å²) in [6.07, 6.45) is 1.35. The van der Waals surface area contributed by atoms with E-state index < -0.39 is 9.05 Å². The molecule has 1 aromatic rings. The van der Waals surface area contributed by atoms with Gasteiger partial charge in [0.15, 0.2) is 0 Å². The summed E-state index contributed by atoms with van der Waals surface area (Å²) in [6.45, 7) is 5.48. The number of carbonyl (C=O) groups excluding carboxylic acids is 1. The van der Waals surface area contributed by atoms with Crippen LogP contribution in [0.1, 0.15) is 18.9 Å². The molecule has 0 saturated heterocycles. The summed E-state index contributed by atoms with van der Waals surface area (Å²) >= 11 is 0. The van der Waals surface area contributed by atoms with E-state index >= 15 is 0 Å². The molecule has 1 rings (SSSR count). The third kappa shape index (κ3) is 5.79. The molecule has 0 aliphatic rings. The molecular weight excluding hydrogens is 316 g/mol. The number of rotatable bonds is 10. The van der Waals surface area contributed by atoms with Crippen LogP contribution in [0, 0.1) is 0 Å². The lowest BCUT2D eigenvalue weighted by molar-refractivity contribution is -0.139. The van der Waals surface area contributed by atoms with Gasteiger partial charge < -0.3 is 22.4 Å². The molecule has 0 atom stereocenters. The Kier molecular flexibility index (Phi) is 7.97. The smallest absolute Gasteiger partial charge is 0.480 e. The van der Waals surface area contributed by atoms with E-state index in [-0.39, 0.29) is 5.97 Å². The zero-order valence-electron chi connectivity index (χ0n) is 14.1. The zero-order chi connectivity index (χ0) is 17.3. The number of esters is 1. The molecule has 128 valence electrons. The van der Waals surface area contributed by atoms with Gasteiger partial charge in [-0.25, -0.2) is 4.79 Å². The number of hydrogen-bond donors (Lipinski definition) is 0. The molecule has 23 heavy (non-hydrogen) atoms. The molecule has 1 aromatic carbocycles. The Labute approximate surface area is 138 Å². The molecule has 0 heterocycles. The molecule has 0 aliphatic heterocycles. The van der Waals surface area contributed by atoms with Gasteiger partial charge in [0.25, 0.3) is 0 Å². The molecule has 0 radical (unpaired) electrons. The van der Waals surface area contributed by atoms with Crippen LogP contribution in [0.2, 0.25) is 0 Å². The van der Waals surface area contributed by atoms with E-state index in [2.05, 4.69) is 6.58 Å². The van der Waals surface area contributed by atoms with Crippen LogP contribution in [0.4, 0.5) is 0 Å². The van der Waals surface area contributed by atoms with Crippen LogP contribution < -0.4 is 4.43 Å². The minimum absolute atomic E-state index is 0.321. The number of hydrogen-bond acceptors (Lipinski definition) is 6. The van der Waals surface area contributed by atoms with Crippen LogP contribution in [0.15, 0.2) is 36.4 Å². The van der Waals surface area contributed by atoms with Gasteiger partial charge in [-0.2, -0.15) is 0 Å². The number of benzene rings is 1. The van der Waals surface area contributed by atoms with Gasteiger partial charge in [-0.05, 0) is 31.4 Å². The van der Waals surface area contributed by atoms with E-state index in [1.807, 2.05) is 24.3 Å². The maximum absolute atomic E-state index is 11.3. The Morgan fingerprint density at radius 2 is 1.74 bits per heavy atom. The highest BCUT2D eigenvalue weighted by atomic mass is 28.4. The molecule has 6 nitrogen and oxygen atoms in total. The van der Waals surface area contributed by atoms with E-state index in [1.165, 1.54) is 21.3 Å². The van der Waals surface area contributed by atoms with Crippen LogP contribution in [0.3, 0.4) is 0 Å². The summed E-state index contributed by atoms with van der Waals surface area (Å²) in [5.41, 5.74) is 1.35. The first-order chi connectivity index (χ1) is 11.0. The summed E-state index contributed by atoms with van der Waals surface area (Å²) < 4.78 is 26.7. The van der Waals surface area contributed by atoms with Crippen molar-refractivity contribution in [3.63, 3.8) is 0 Å². The van der Waals surface area contributed by atoms with Crippen LogP contribution in [0.25, 0.3) is 0 Å². The molecule has 0 aliphatic carbocycles. The summed E-state index contributed by atoms with van der Waals surface area (Å²) in [7, 11) is 1.29. The number of ether oxygens (including phenoxy) is 1. The lowest BCUT2D eigenvalue weighted by Gasteiger charge is -2.24. The van der Waals surface area contributed by atoms with Gasteiger partial charge in [-0.1, -0.05) is 24.8 Å². The van der Waals surface area contributed by atoms with Crippen molar-refractivity contribution in [2.75, 3.05) is 27.9 Å². The number of para-hydroxylation sites is 1. The van der Waals surface area contributed by atoms with E-state index in [9.17, 15) is 4.79 Å². The summed E-state index contributed by atoms with van der Waals surface area (Å²) in [4.78, 5) is 11.3. The second kappa shape index (κ2) is 9.46. The van der Waals surface area contributed by atoms with Crippen molar-refractivity contribution in [3.05, 3.63) is 42.0 Å². The van der Waals surface area contributed by atoms with Crippen molar-refractivity contribution in [2.24, 2.45) is 0 Å². The number of carbonyl (C=O) groups is 1. The highest BCUT2D eigenvalue weighted by molar-refractivity contribution is 6.54. The Bertz CT molecular complexity index is 519. The van der Waals surface area contributed by atoms with Crippen LogP contribution in [-0.4, -0.2) is 43.0 Å². The predicted molar refractivity (Wildman–Crippen MR) is 87.9 cm³/mol. The van der Waals surface area contributed by atoms with Gasteiger partial charge >= 0.3 is 15.0 Å². The van der Waals surface area contributed by atoms with Gasteiger partial charge in [-0.15, -0.1) is 0 Å². The van der Waals surface area contributed by atoms with E-state index in [0.29, 0.717) is 30.8 Å². The molecule has 0 amide bonds. The number of aryl methyl sites for hydroxylation is 1. The molecule has 0 fully saturated rings. The van der Waals surface area contributed by atoms with Crippen molar-refractivity contribution in [2.45, 2.75) is 19.8 Å². The van der Waals surface area contributed by atoms with Crippen molar-refractivity contribution >= 4 is 15.0 Å². The first-order valence-corrected chi connectivity index (χ1v) is 8.86. The fourth-order valence-corrected chi connectivity index (χ4v) is 3.09. The van der Waals surface area contributed by atoms with Crippen molar-refractivity contribution in [1.82, 2.24) is 0 Å². The van der Waals surface area contributed by atoms with Gasteiger partial charge in [0, 0.05) is 26.9 Å². The predicted octanol–water partition coefficient (Wildman–Crippen LogP) is 2.49. The Morgan fingerprint density at radius 1 is 1.13 bits per heavy atom. The molecule has 0 N–H and O–H groups in total. The molecule has 0 saturated carbocycles. The van der Waals surface area contributed by atoms with Gasteiger partial charge in [0.1, 0.15) is 5.75 Å². The van der Waals surface area contributed by atoms with Gasteiger partial charge in [0.2, 0.25) is 0 Å². The van der Waals surface area contributed by atoms with E-state index in [0.717, 1.165) is 5.56 Å². The highest BCUT2D eigenvalue weighted by Gasteiger charge is 2.45.